The molecule has 0 amide bonds. The molecule has 0 fully saturated rings. The highest BCUT2D eigenvalue weighted by molar-refractivity contribution is 5.67. The minimum absolute atomic E-state index is 0.0236. The minimum Gasteiger partial charge on any atom is -0.497 e. The molecule has 0 aliphatic rings. The number of benzene rings is 1. The van der Waals surface area contributed by atoms with Gasteiger partial charge in [-0.2, -0.15) is 0 Å². The van der Waals surface area contributed by atoms with Crippen molar-refractivity contribution in [3.8, 4) is 11.5 Å². The van der Waals surface area contributed by atoms with Gasteiger partial charge in [0.15, 0.2) is 0 Å². The number of hydrogen-bond acceptors (Lipinski definition) is 4. The quantitative estimate of drug-likeness (QED) is 0.825. The third-order valence-corrected chi connectivity index (χ3v) is 3.22. The highest BCUT2D eigenvalue weighted by atomic mass is 16.5. The molecule has 0 aromatic heterocycles. The Hall–Kier alpha value is -1.75. The van der Waals surface area contributed by atoms with Gasteiger partial charge < -0.3 is 20.3 Å². The summed E-state index contributed by atoms with van der Waals surface area (Å²) < 4.78 is 10.5. The van der Waals surface area contributed by atoms with Crippen LogP contribution in [0.4, 0.5) is 0 Å². The Labute approximate surface area is 113 Å². The van der Waals surface area contributed by atoms with E-state index in [4.69, 9.17) is 20.3 Å². The molecule has 3 N–H and O–H groups in total. The number of aryl methyl sites for hydroxylation is 1. The largest absolute Gasteiger partial charge is 0.497 e. The van der Waals surface area contributed by atoms with Gasteiger partial charge in [0.1, 0.15) is 11.5 Å². The Morgan fingerprint density at radius 3 is 2.47 bits per heavy atom. The van der Waals surface area contributed by atoms with E-state index in [0.717, 1.165) is 11.1 Å². The normalized spacial score (nSPS) is 13.7. The van der Waals surface area contributed by atoms with Crippen LogP contribution in [0.15, 0.2) is 12.1 Å². The highest BCUT2D eigenvalue weighted by Crippen LogP contribution is 2.35. The van der Waals surface area contributed by atoms with Gasteiger partial charge in [-0.25, -0.2) is 0 Å². The first-order valence-electron chi connectivity index (χ1n) is 6.10. The van der Waals surface area contributed by atoms with Crippen molar-refractivity contribution < 1.29 is 19.4 Å². The van der Waals surface area contributed by atoms with Crippen molar-refractivity contribution in [1.82, 2.24) is 0 Å². The van der Waals surface area contributed by atoms with Crippen LogP contribution in [-0.4, -0.2) is 25.3 Å². The third-order valence-electron chi connectivity index (χ3n) is 3.22. The number of hydrogen-bond donors (Lipinski definition) is 2. The van der Waals surface area contributed by atoms with Crippen molar-refractivity contribution >= 4 is 5.97 Å². The van der Waals surface area contributed by atoms with Crippen molar-refractivity contribution in [2.45, 2.75) is 26.3 Å². The first-order valence-corrected chi connectivity index (χ1v) is 6.10. The van der Waals surface area contributed by atoms with Gasteiger partial charge in [0.25, 0.3) is 0 Å². The van der Waals surface area contributed by atoms with Gasteiger partial charge in [-0.3, -0.25) is 4.79 Å². The SMILES string of the molecule is COc1cc(C)c(C(N)C(C)CC(=O)O)c(OC)c1. The lowest BCUT2D eigenvalue weighted by molar-refractivity contribution is -0.138. The second-order valence-electron chi connectivity index (χ2n) is 4.66. The molecule has 0 saturated carbocycles. The van der Waals surface area contributed by atoms with E-state index >= 15 is 0 Å². The second kappa shape index (κ2) is 6.43. The smallest absolute Gasteiger partial charge is 0.303 e. The number of carbonyl (C=O) groups is 1. The molecule has 0 aliphatic heterocycles. The summed E-state index contributed by atoms with van der Waals surface area (Å²) in [5, 5.41) is 8.85. The Balaban J connectivity index is 3.14. The van der Waals surface area contributed by atoms with Crippen LogP contribution in [0.5, 0.6) is 11.5 Å². The van der Waals surface area contributed by atoms with Crippen LogP contribution < -0.4 is 15.2 Å². The minimum atomic E-state index is -0.854. The van der Waals surface area contributed by atoms with Crippen LogP contribution in [0, 0.1) is 12.8 Å². The highest BCUT2D eigenvalue weighted by Gasteiger charge is 2.23. The fourth-order valence-corrected chi connectivity index (χ4v) is 2.13. The van der Waals surface area contributed by atoms with Gasteiger partial charge in [-0.1, -0.05) is 6.92 Å². The first-order chi connectivity index (χ1) is 8.90. The van der Waals surface area contributed by atoms with E-state index in [0.29, 0.717) is 11.5 Å². The lowest BCUT2D eigenvalue weighted by Gasteiger charge is -2.23. The summed E-state index contributed by atoms with van der Waals surface area (Å²) in [6.07, 6.45) is 0.0236. The van der Waals surface area contributed by atoms with Crippen LogP contribution in [0.3, 0.4) is 0 Å². The zero-order valence-electron chi connectivity index (χ0n) is 11.8. The average Bonchev–Trinajstić information content (AvgIpc) is 2.35. The van der Waals surface area contributed by atoms with Gasteiger partial charge in [0, 0.05) is 24.1 Å². The van der Waals surface area contributed by atoms with E-state index in [1.807, 2.05) is 19.9 Å². The molecule has 106 valence electrons. The number of carboxylic acids is 1. The number of rotatable bonds is 6. The molecule has 1 aromatic rings. The van der Waals surface area contributed by atoms with Gasteiger partial charge in [-0.15, -0.1) is 0 Å². The zero-order chi connectivity index (χ0) is 14.6. The lowest BCUT2D eigenvalue weighted by atomic mass is 9.89. The van der Waals surface area contributed by atoms with Gasteiger partial charge in [0.05, 0.1) is 14.2 Å². The monoisotopic (exact) mass is 267 g/mol. The Kier molecular flexibility index (Phi) is 5.18. The molecular weight excluding hydrogens is 246 g/mol. The molecule has 2 unspecified atom stereocenters. The van der Waals surface area contributed by atoms with Crippen LogP contribution in [0.1, 0.15) is 30.5 Å². The molecule has 5 heteroatoms. The van der Waals surface area contributed by atoms with Gasteiger partial charge in [-0.05, 0) is 24.5 Å². The molecule has 0 bridgehead atoms. The van der Waals surface area contributed by atoms with Crippen molar-refractivity contribution in [3.05, 3.63) is 23.3 Å². The summed E-state index contributed by atoms with van der Waals surface area (Å²) in [6, 6.07) is 3.23. The van der Waals surface area contributed by atoms with Crippen LogP contribution >= 0.6 is 0 Å². The maximum absolute atomic E-state index is 10.8. The molecule has 0 radical (unpaired) electrons. The van der Waals surface area contributed by atoms with Crippen LogP contribution in [0.2, 0.25) is 0 Å². The standard InChI is InChI=1S/C14H21NO4/c1-8-5-10(18-3)7-11(19-4)13(8)14(15)9(2)6-12(16)17/h5,7,9,14H,6,15H2,1-4H3,(H,16,17). The zero-order valence-corrected chi connectivity index (χ0v) is 11.8. The van der Waals surface area contributed by atoms with E-state index in [1.165, 1.54) is 0 Å². The van der Waals surface area contributed by atoms with Crippen molar-refractivity contribution in [1.29, 1.82) is 0 Å². The summed E-state index contributed by atoms with van der Waals surface area (Å²) in [4.78, 5) is 10.8. The number of ether oxygens (including phenoxy) is 2. The molecule has 0 spiro atoms. The van der Waals surface area contributed by atoms with Crippen molar-refractivity contribution in [3.63, 3.8) is 0 Å². The first kappa shape index (κ1) is 15.3. The Morgan fingerprint density at radius 2 is 2.00 bits per heavy atom. The topological polar surface area (TPSA) is 81.8 Å². The molecule has 1 rings (SSSR count). The number of nitrogens with two attached hydrogens (primary N) is 1. The Bertz CT molecular complexity index is 459. The molecule has 1 aromatic carbocycles. The Morgan fingerprint density at radius 1 is 1.37 bits per heavy atom. The second-order valence-corrected chi connectivity index (χ2v) is 4.66. The summed E-state index contributed by atoms with van der Waals surface area (Å²) in [6.45, 7) is 3.73. The maximum atomic E-state index is 10.8. The summed E-state index contributed by atoms with van der Waals surface area (Å²) >= 11 is 0. The average molecular weight is 267 g/mol. The fourth-order valence-electron chi connectivity index (χ4n) is 2.13. The summed E-state index contributed by atoms with van der Waals surface area (Å²) in [7, 11) is 3.15. The van der Waals surface area contributed by atoms with E-state index in [1.54, 1.807) is 20.3 Å². The maximum Gasteiger partial charge on any atom is 0.303 e. The molecule has 5 nitrogen and oxygen atoms in total. The van der Waals surface area contributed by atoms with Gasteiger partial charge in [0.2, 0.25) is 0 Å². The summed E-state index contributed by atoms with van der Waals surface area (Å²) in [5.74, 6) is 0.282. The number of carboxylic acid groups (broad SMARTS) is 1. The molecule has 19 heavy (non-hydrogen) atoms. The van der Waals surface area contributed by atoms with Crippen molar-refractivity contribution in [2.75, 3.05) is 14.2 Å². The summed E-state index contributed by atoms with van der Waals surface area (Å²) in [5.41, 5.74) is 7.93. The molecule has 0 saturated heterocycles. The van der Waals surface area contributed by atoms with Crippen molar-refractivity contribution in [2.24, 2.45) is 11.7 Å². The van der Waals surface area contributed by atoms with E-state index < -0.39 is 12.0 Å². The molecule has 0 aliphatic carbocycles. The molecular formula is C14H21NO4. The van der Waals surface area contributed by atoms with E-state index in [9.17, 15) is 4.79 Å². The number of methoxy groups -OCH3 is 2. The van der Waals surface area contributed by atoms with Crippen LogP contribution in [0.25, 0.3) is 0 Å². The third kappa shape index (κ3) is 3.61. The van der Waals surface area contributed by atoms with E-state index in [-0.39, 0.29) is 12.3 Å². The predicted octanol–water partition coefficient (Wildman–Crippen LogP) is 2.12. The molecule has 2 atom stereocenters. The fraction of sp³-hybridized carbons (Fsp3) is 0.500. The predicted molar refractivity (Wildman–Crippen MR) is 72.6 cm³/mol. The lowest BCUT2D eigenvalue weighted by Crippen LogP contribution is -2.23. The van der Waals surface area contributed by atoms with Gasteiger partial charge >= 0.3 is 5.97 Å². The molecule has 0 heterocycles. The number of aliphatic carboxylic acids is 1. The van der Waals surface area contributed by atoms with E-state index in [2.05, 4.69) is 0 Å². The van der Waals surface area contributed by atoms with Crippen LogP contribution in [-0.2, 0) is 4.79 Å².